The molecule has 1 aromatic rings. The SMILES string of the molecule is CNC1CC(C(C)C)c2c(Br)cccc21. The van der Waals surface area contributed by atoms with E-state index < -0.39 is 0 Å². The van der Waals surface area contributed by atoms with Crippen molar-refractivity contribution in [2.75, 3.05) is 7.05 Å². The zero-order chi connectivity index (χ0) is 11.0. The monoisotopic (exact) mass is 267 g/mol. The van der Waals surface area contributed by atoms with Crippen molar-refractivity contribution in [2.24, 2.45) is 5.92 Å². The Bertz CT molecular complexity index is 360. The first-order chi connectivity index (χ1) is 7.15. The van der Waals surface area contributed by atoms with E-state index in [2.05, 4.69) is 60.3 Å². The van der Waals surface area contributed by atoms with Crippen LogP contribution in [0.25, 0.3) is 0 Å². The number of benzene rings is 1. The van der Waals surface area contributed by atoms with Gasteiger partial charge in [-0.25, -0.2) is 0 Å². The predicted octanol–water partition coefficient (Wildman–Crippen LogP) is 3.85. The third kappa shape index (κ3) is 1.85. The maximum atomic E-state index is 3.68. The molecule has 1 N–H and O–H groups in total. The first-order valence-corrected chi connectivity index (χ1v) is 6.40. The minimum absolute atomic E-state index is 0.532. The second-order valence-corrected chi connectivity index (χ2v) is 5.52. The fourth-order valence-corrected chi connectivity index (χ4v) is 3.30. The van der Waals surface area contributed by atoms with E-state index in [4.69, 9.17) is 0 Å². The van der Waals surface area contributed by atoms with E-state index in [1.54, 1.807) is 0 Å². The van der Waals surface area contributed by atoms with Crippen LogP contribution in [0.2, 0.25) is 0 Å². The summed E-state index contributed by atoms with van der Waals surface area (Å²) < 4.78 is 1.27. The van der Waals surface area contributed by atoms with Gasteiger partial charge in [0.25, 0.3) is 0 Å². The molecule has 2 unspecified atom stereocenters. The van der Waals surface area contributed by atoms with Gasteiger partial charge in [0.1, 0.15) is 0 Å². The van der Waals surface area contributed by atoms with E-state index in [0.717, 1.165) is 0 Å². The number of nitrogens with one attached hydrogen (secondary N) is 1. The van der Waals surface area contributed by atoms with Crippen molar-refractivity contribution in [2.45, 2.75) is 32.2 Å². The van der Waals surface area contributed by atoms with Gasteiger partial charge in [-0.05, 0) is 42.5 Å². The molecule has 0 spiro atoms. The Balaban J connectivity index is 2.48. The quantitative estimate of drug-likeness (QED) is 0.859. The summed E-state index contributed by atoms with van der Waals surface area (Å²) in [5.74, 6) is 1.40. The summed E-state index contributed by atoms with van der Waals surface area (Å²) in [4.78, 5) is 0. The van der Waals surface area contributed by atoms with Crippen LogP contribution in [0.4, 0.5) is 0 Å². The van der Waals surface area contributed by atoms with Gasteiger partial charge >= 0.3 is 0 Å². The van der Waals surface area contributed by atoms with Gasteiger partial charge < -0.3 is 5.32 Å². The maximum Gasteiger partial charge on any atom is 0.0326 e. The molecule has 1 nitrogen and oxygen atoms in total. The van der Waals surface area contributed by atoms with Crippen molar-refractivity contribution in [3.63, 3.8) is 0 Å². The van der Waals surface area contributed by atoms with Crippen LogP contribution in [0, 0.1) is 5.92 Å². The third-order valence-electron chi connectivity index (χ3n) is 3.48. The Morgan fingerprint density at radius 1 is 1.40 bits per heavy atom. The van der Waals surface area contributed by atoms with Crippen LogP contribution in [-0.4, -0.2) is 7.05 Å². The molecule has 2 heteroatoms. The minimum Gasteiger partial charge on any atom is -0.313 e. The Hall–Kier alpha value is -0.340. The minimum atomic E-state index is 0.532. The molecule has 82 valence electrons. The largest absolute Gasteiger partial charge is 0.313 e. The fourth-order valence-electron chi connectivity index (χ4n) is 2.63. The average molecular weight is 268 g/mol. The van der Waals surface area contributed by atoms with E-state index in [0.29, 0.717) is 17.9 Å². The Morgan fingerprint density at radius 3 is 2.73 bits per heavy atom. The lowest BCUT2D eigenvalue weighted by Crippen LogP contribution is -2.13. The first-order valence-electron chi connectivity index (χ1n) is 5.60. The number of hydrogen-bond donors (Lipinski definition) is 1. The molecule has 0 fully saturated rings. The summed E-state index contributed by atoms with van der Waals surface area (Å²) in [5.41, 5.74) is 3.00. The first kappa shape index (κ1) is 11.2. The standard InChI is InChI=1S/C13H18BrN/c1-8(2)10-7-12(15-3)9-5-4-6-11(14)13(9)10/h4-6,8,10,12,15H,7H2,1-3H3. The van der Waals surface area contributed by atoms with Gasteiger partial charge in [0.05, 0.1) is 0 Å². The van der Waals surface area contributed by atoms with Gasteiger partial charge in [0.2, 0.25) is 0 Å². The summed E-state index contributed by atoms with van der Waals surface area (Å²) in [5, 5.41) is 3.41. The normalized spacial score (nSPS) is 24.6. The summed E-state index contributed by atoms with van der Waals surface area (Å²) in [6, 6.07) is 7.08. The van der Waals surface area contributed by atoms with Crippen LogP contribution in [-0.2, 0) is 0 Å². The summed E-state index contributed by atoms with van der Waals surface area (Å²) in [6.45, 7) is 4.62. The molecule has 0 saturated heterocycles. The second kappa shape index (κ2) is 4.26. The molecule has 0 amide bonds. The predicted molar refractivity (Wildman–Crippen MR) is 68.1 cm³/mol. The topological polar surface area (TPSA) is 12.0 Å². The van der Waals surface area contributed by atoms with Gasteiger partial charge in [0, 0.05) is 10.5 Å². The van der Waals surface area contributed by atoms with Crippen LogP contribution >= 0.6 is 15.9 Å². The van der Waals surface area contributed by atoms with E-state index in [1.807, 2.05) is 0 Å². The molecule has 1 aromatic carbocycles. The van der Waals surface area contributed by atoms with Crippen LogP contribution in [0.3, 0.4) is 0 Å². The molecule has 2 rings (SSSR count). The highest BCUT2D eigenvalue weighted by Gasteiger charge is 2.33. The van der Waals surface area contributed by atoms with Gasteiger partial charge in [0.15, 0.2) is 0 Å². The van der Waals surface area contributed by atoms with Crippen LogP contribution in [0.5, 0.6) is 0 Å². The third-order valence-corrected chi connectivity index (χ3v) is 4.17. The van der Waals surface area contributed by atoms with E-state index >= 15 is 0 Å². The number of hydrogen-bond acceptors (Lipinski definition) is 1. The van der Waals surface area contributed by atoms with Crippen molar-refractivity contribution in [3.8, 4) is 0 Å². The molecule has 1 aliphatic carbocycles. The number of fused-ring (bicyclic) bond motifs is 1. The smallest absolute Gasteiger partial charge is 0.0326 e. The van der Waals surface area contributed by atoms with Crippen molar-refractivity contribution in [1.82, 2.24) is 5.32 Å². The number of rotatable bonds is 2. The molecular formula is C13H18BrN. The van der Waals surface area contributed by atoms with Gasteiger partial charge in [-0.2, -0.15) is 0 Å². The summed E-state index contributed by atoms with van der Waals surface area (Å²) in [6.07, 6.45) is 1.23. The van der Waals surface area contributed by atoms with Crippen molar-refractivity contribution in [3.05, 3.63) is 33.8 Å². The van der Waals surface area contributed by atoms with Crippen molar-refractivity contribution >= 4 is 15.9 Å². The molecule has 2 atom stereocenters. The second-order valence-electron chi connectivity index (χ2n) is 4.67. The summed E-state index contributed by atoms with van der Waals surface area (Å²) >= 11 is 3.68. The molecular weight excluding hydrogens is 250 g/mol. The molecule has 0 heterocycles. The highest BCUT2D eigenvalue weighted by atomic mass is 79.9. The zero-order valence-corrected chi connectivity index (χ0v) is 11.1. The molecule has 0 aliphatic heterocycles. The van der Waals surface area contributed by atoms with Gasteiger partial charge in [-0.3, -0.25) is 0 Å². The molecule has 0 radical (unpaired) electrons. The number of halogens is 1. The Morgan fingerprint density at radius 2 is 2.13 bits per heavy atom. The Labute approximate surface area is 100 Å². The fraction of sp³-hybridized carbons (Fsp3) is 0.538. The summed E-state index contributed by atoms with van der Waals surface area (Å²) in [7, 11) is 2.05. The lowest BCUT2D eigenvalue weighted by atomic mass is 9.90. The molecule has 0 saturated carbocycles. The molecule has 0 bridgehead atoms. The van der Waals surface area contributed by atoms with Crippen molar-refractivity contribution in [1.29, 1.82) is 0 Å². The lowest BCUT2D eigenvalue weighted by molar-refractivity contribution is 0.444. The highest BCUT2D eigenvalue weighted by Crippen LogP contribution is 2.46. The maximum absolute atomic E-state index is 3.68. The van der Waals surface area contributed by atoms with Gasteiger partial charge in [-0.15, -0.1) is 0 Å². The van der Waals surface area contributed by atoms with Crippen LogP contribution < -0.4 is 5.32 Å². The van der Waals surface area contributed by atoms with Crippen LogP contribution in [0.15, 0.2) is 22.7 Å². The van der Waals surface area contributed by atoms with E-state index in [9.17, 15) is 0 Å². The molecule has 15 heavy (non-hydrogen) atoms. The van der Waals surface area contributed by atoms with Crippen molar-refractivity contribution < 1.29 is 0 Å². The zero-order valence-electron chi connectivity index (χ0n) is 9.55. The van der Waals surface area contributed by atoms with E-state index in [1.165, 1.54) is 22.0 Å². The Kier molecular flexibility index (Phi) is 3.17. The highest BCUT2D eigenvalue weighted by molar-refractivity contribution is 9.10. The van der Waals surface area contributed by atoms with Gasteiger partial charge in [-0.1, -0.05) is 41.9 Å². The van der Waals surface area contributed by atoms with E-state index in [-0.39, 0.29) is 0 Å². The lowest BCUT2D eigenvalue weighted by Gasteiger charge is -2.16. The molecule has 1 aliphatic rings. The average Bonchev–Trinajstić information content (AvgIpc) is 2.58. The molecule has 0 aromatic heterocycles. The van der Waals surface area contributed by atoms with Crippen LogP contribution in [0.1, 0.15) is 43.4 Å².